The second kappa shape index (κ2) is 9.63. The summed E-state index contributed by atoms with van der Waals surface area (Å²) in [6.07, 6.45) is 1.72. The van der Waals surface area contributed by atoms with E-state index in [9.17, 15) is 10.00 Å². The topological polar surface area (TPSA) is 138 Å². The summed E-state index contributed by atoms with van der Waals surface area (Å²) in [5, 5.41) is 12.8. The number of ether oxygens (including phenoxy) is 1. The highest BCUT2D eigenvalue weighted by Crippen LogP contribution is 2.45. The number of benzene rings is 2. The molecule has 4 N–H and O–H groups in total. The van der Waals surface area contributed by atoms with Gasteiger partial charge in [-0.1, -0.05) is 42.5 Å². The van der Waals surface area contributed by atoms with Crippen LogP contribution in [-0.4, -0.2) is 54.9 Å². The highest BCUT2D eigenvalue weighted by Gasteiger charge is 2.37. The maximum atomic E-state index is 10.5. The highest BCUT2D eigenvalue weighted by atomic mass is 32.5. The van der Waals surface area contributed by atoms with Gasteiger partial charge >= 0.3 is 6.72 Å². The molecule has 0 amide bonds. The lowest BCUT2D eigenvalue weighted by Crippen LogP contribution is -2.26. The van der Waals surface area contributed by atoms with E-state index in [1.54, 1.807) is 10.9 Å². The first-order chi connectivity index (χ1) is 16.4. The van der Waals surface area contributed by atoms with Gasteiger partial charge in [0.2, 0.25) is 0 Å². The molecular formula is C22H24N5O5PS. The van der Waals surface area contributed by atoms with E-state index >= 15 is 0 Å². The van der Waals surface area contributed by atoms with E-state index in [4.69, 9.17) is 31.3 Å². The van der Waals surface area contributed by atoms with Crippen LogP contribution in [0.3, 0.4) is 0 Å². The largest absolute Gasteiger partial charge is 0.390 e. The molecule has 3 heterocycles. The number of nitrogens with two attached hydrogens (primary N) is 1. The number of aromatic nitrogens is 4. The van der Waals surface area contributed by atoms with Crippen LogP contribution < -0.4 is 5.73 Å². The first kappa shape index (κ1) is 23.3. The molecule has 10 nitrogen and oxygen atoms in total. The number of hydrogen-bond acceptors (Lipinski definition) is 9. The Kier molecular flexibility index (Phi) is 6.59. The van der Waals surface area contributed by atoms with Crippen molar-refractivity contribution in [1.82, 2.24) is 19.5 Å². The van der Waals surface area contributed by atoms with Gasteiger partial charge in [-0.25, -0.2) is 15.0 Å². The van der Waals surface area contributed by atoms with Crippen molar-refractivity contribution < 1.29 is 23.8 Å². The first-order valence-corrected chi connectivity index (χ1v) is 13.3. The van der Waals surface area contributed by atoms with Gasteiger partial charge in [0.05, 0.1) is 25.6 Å². The number of imidazole rings is 1. The fourth-order valence-corrected chi connectivity index (χ4v) is 5.13. The summed E-state index contributed by atoms with van der Waals surface area (Å²) < 4.78 is 18.6. The van der Waals surface area contributed by atoms with Crippen LogP contribution in [-0.2, 0) is 32.0 Å². The lowest BCUT2D eigenvalue weighted by Gasteiger charge is -2.20. The van der Waals surface area contributed by atoms with Crippen molar-refractivity contribution in [1.29, 1.82) is 0 Å². The lowest BCUT2D eigenvalue weighted by molar-refractivity contribution is -0.0409. The van der Waals surface area contributed by atoms with Crippen molar-refractivity contribution in [3.8, 4) is 0 Å². The zero-order chi connectivity index (χ0) is 23.7. The Bertz CT molecular complexity index is 1370. The second-order valence-electron chi connectivity index (χ2n) is 8.04. The molecule has 1 unspecified atom stereocenters. The van der Waals surface area contributed by atoms with Crippen molar-refractivity contribution in [3.63, 3.8) is 0 Å². The van der Waals surface area contributed by atoms with E-state index in [0.29, 0.717) is 24.0 Å². The Morgan fingerprint density at radius 3 is 2.82 bits per heavy atom. The third kappa shape index (κ3) is 4.96. The van der Waals surface area contributed by atoms with Crippen LogP contribution in [0.15, 0.2) is 55.1 Å². The van der Waals surface area contributed by atoms with Crippen LogP contribution in [0.5, 0.6) is 0 Å². The van der Waals surface area contributed by atoms with Gasteiger partial charge in [-0.3, -0.25) is 4.57 Å². The molecule has 1 fully saturated rings. The van der Waals surface area contributed by atoms with E-state index in [1.807, 2.05) is 24.3 Å². The predicted molar refractivity (Wildman–Crippen MR) is 130 cm³/mol. The number of anilines is 1. The van der Waals surface area contributed by atoms with E-state index in [1.165, 1.54) is 6.33 Å². The van der Waals surface area contributed by atoms with Crippen molar-refractivity contribution in [3.05, 3.63) is 60.7 Å². The molecular weight excluding hydrogens is 477 g/mol. The quantitative estimate of drug-likeness (QED) is 0.309. The molecule has 34 heavy (non-hydrogen) atoms. The molecule has 1 aliphatic rings. The lowest BCUT2D eigenvalue weighted by atomic mass is 10.1. The predicted octanol–water partition coefficient (Wildman–Crippen LogP) is 2.70. The Hall–Kier alpha value is -2.50. The summed E-state index contributed by atoms with van der Waals surface area (Å²) >= 11 is 5.13. The molecule has 1 aliphatic heterocycles. The number of nitrogens with zero attached hydrogens (tertiary/aromatic N) is 4. The number of aliphatic hydroxyl groups excluding tert-OH is 1. The standard InChI is InChI=1S/C22H24N5O5PS/c23-21-20-22(25-12-24-21)27(13-26-20)19-10-17(28)18(32-19)11-31-33(29,34)30-8-7-14-5-6-15-3-1-2-4-16(15)9-14/h1-6,9,12-13,17-19,28H,7-8,10-11H2,(H,29,34)(H2,23,24,25)/t17-,18+,19+,33?/m0/s1. The molecule has 0 saturated carbocycles. The summed E-state index contributed by atoms with van der Waals surface area (Å²) in [4.78, 5) is 22.8. The Morgan fingerprint density at radius 2 is 1.97 bits per heavy atom. The minimum absolute atomic E-state index is 0.106. The molecule has 0 bridgehead atoms. The van der Waals surface area contributed by atoms with E-state index < -0.39 is 25.2 Å². The minimum atomic E-state index is -3.50. The molecule has 178 valence electrons. The molecule has 0 radical (unpaired) electrons. The molecule has 0 aliphatic carbocycles. The van der Waals surface area contributed by atoms with Gasteiger partial charge in [0, 0.05) is 6.42 Å². The minimum Gasteiger partial charge on any atom is -0.390 e. The van der Waals surface area contributed by atoms with Crippen LogP contribution in [0.4, 0.5) is 5.82 Å². The first-order valence-electron chi connectivity index (χ1n) is 10.8. The number of nitrogen functional groups attached to an aromatic ring is 1. The second-order valence-corrected chi connectivity index (χ2v) is 10.9. The van der Waals surface area contributed by atoms with Crippen LogP contribution >= 0.6 is 6.72 Å². The van der Waals surface area contributed by atoms with Crippen LogP contribution in [0.25, 0.3) is 21.9 Å². The normalized spacial score (nSPS) is 22.4. The van der Waals surface area contributed by atoms with Crippen molar-refractivity contribution in [2.45, 2.75) is 31.3 Å². The zero-order valence-electron chi connectivity index (χ0n) is 18.1. The maximum absolute atomic E-state index is 10.5. The van der Waals surface area contributed by atoms with Gasteiger partial charge in [-0.2, -0.15) is 0 Å². The van der Waals surface area contributed by atoms with E-state index in [-0.39, 0.29) is 19.0 Å². The van der Waals surface area contributed by atoms with Crippen LogP contribution in [0, 0.1) is 0 Å². The van der Waals surface area contributed by atoms with Gasteiger partial charge in [-0.05, 0) is 34.6 Å². The number of hydrogen-bond donors (Lipinski definition) is 3. The summed E-state index contributed by atoms with van der Waals surface area (Å²) in [6, 6.07) is 14.3. The van der Waals surface area contributed by atoms with Gasteiger partial charge in [0.25, 0.3) is 0 Å². The Morgan fingerprint density at radius 1 is 1.15 bits per heavy atom. The fraction of sp³-hybridized carbons (Fsp3) is 0.318. The smallest absolute Gasteiger partial charge is 0.324 e. The SMILES string of the molecule is Nc1ncnc2c1ncn2[C@H]1C[C@H](O)[C@@H](COP(O)(=S)OCCc2ccc3ccccc3c2)O1. The van der Waals surface area contributed by atoms with E-state index in [0.717, 1.165) is 16.3 Å². The van der Waals surface area contributed by atoms with Crippen molar-refractivity contribution in [2.75, 3.05) is 18.9 Å². The average molecular weight is 502 g/mol. The molecule has 4 aromatic rings. The van der Waals surface area contributed by atoms with Crippen molar-refractivity contribution >= 4 is 46.3 Å². The van der Waals surface area contributed by atoms with Gasteiger partial charge in [0.15, 0.2) is 11.5 Å². The van der Waals surface area contributed by atoms with Crippen LogP contribution in [0.1, 0.15) is 18.2 Å². The third-order valence-electron chi connectivity index (χ3n) is 5.76. The number of fused-ring (bicyclic) bond motifs is 2. The molecule has 5 rings (SSSR count). The van der Waals surface area contributed by atoms with E-state index in [2.05, 4.69) is 33.2 Å². The van der Waals surface area contributed by atoms with Gasteiger partial charge < -0.3 is 29.5 Å². The van der Waals surface area contributed by atoms with Crippen molar-refractivity contribution in [2.24, 2.45) is 0 Å². The number of aliphatic hydroxyl groups is 1. The monoisotopic (exact) mass is 501 g/mol. The fourth-order valence-electron chi connectivity index (χ4n) is 3.99. The summed E-state index contributed by atoms with van der Waals surface area (Å²) in [6.45, 7) is -3.39. The molecule has 0 spiro atoms. The van der Waals surface area contributed by atoms with Gasteiger partial charge in [0.1, 0.15) is 24.2 Å². The van der Waals surface area contributed by atoms with Gasteiger partial charge in [-0.15, -0.1) is 0 Å². The zero-order valence-corrected chi connectivity index (χ0v) is 19.8. The summed E-state index contributed by atoms with van der Waals surface area (Å²) in [5.41, 5.74) is 7.88. The molecule has 1 saturated heterocycles. The third-order valence-corrected chi connectivity index (χ3v) is 7.38. The number of rotatable bonds is 8. The molecule has 2 aromatic carbocycles. The Labute approximate surface area is 200 Å². The Balaban J connectivity index is 1.14. The summed E-state index contributed by atoms with van der Waals surface area (Å²) in [7, 11) is 0. The average Bonchev–Trinajstić information content (AvgIpc) is 3.42. The molecule has 2 aromatic heterocycles. The molecule has 4 atom stereocenters. The molecule has 12 heteroatoms. The van der Waals surface area contributed by atoms with Crippen LogP contribution in [0.2, 0.25) is 0 Å². The highest BCUT2D eigenvalue weighted by molar-refractivity contribution is 8.07. The summed E-state index contributed by atoms with van der Waals surface area (Å²) in [5.74, 6) is 0.268. The maximum Gasteiger partial charge on any atom is 0.324 e.